The molecule has 22 nitrogen and oxygen atoms in total. The first-order valence-corrected chi connectivity index (χ1v) is 19.6. The van der Waals surface area contributed by atoms with Gasteiger partial charge in [0.2, 0.25) is 5.91 Å². The van der Waals surface area contributed by atoms with Crippen molar-refractivity contribution in [3.63, 3.8) is 0 Å². The molecular formula is C32H52N7O15P. The Bertz CT molecular complexity index is 1680. The normalized spacial score (nSPS) is 29.1. The van der Waals surface area contributed by atoms with Gasteiger partial charge in [-0.2, -0.15) is 4.98 Å². The molecule has 2 saturated heterocycles. The Labute approximate surface area is 315 Å². The molecule has 11 atom stereocenters. The highest BCUT2D eigenvalue weighted by atomic mass is 31.2. The van der Waals surface area contributed by atoms with Crippen LogP contribution in [0.5, 0.6) is 0 Å². The average Bonchev–Trinajstić information content (AvgIpc) is 3.67. The Morgan fingerprint density at radius 1 is 1.13 bits per heavy atom. The van der Waals surface area contributed by atoms with Gasteiger partial charge in [-0.25, -0.2) is 23.4 Å². The summed E-state index contributed by atoms with van der Waals surface area (Å²) in [5, 5.41) is 74.8. The van der Waals surface area contributed by atoms with Crippen molar-refractivity contribution in [3.8, 4) is 0 Å². The molecule has 310 valence electrons. The molecule has 2 fully saturated rings. The van der Waals surface area contributed by atoms with E-state index in [1.54, 1.807) is 6.20 Å². The number of phosphoric acid groups is 1. The molecule has 1 unspecified atom stereocenters. The van der Waals surface area contributed by atoms with E-state index in [4.69, 9.17) is 24.3 Å². The number of rotatable bonds is 21. The number of nitrogens with zero attached hydrogens (tertiary/aromatic N) is 5. The maximum Gasteiger partial charge on any atom is 0.475 e. The molecule has 0 saturated carbocycles. The number of phosphoric ester groups is 1. The fourth-order valence-electron chi connectivity index (χ4n) is 6.49. The van der Waals surface area contributed by atoms with Crippen molar-refractivity contribution in [2.24, 2.45) is 0 Å². The summed E-state index contributed by atoms with van der Waals surface area (Å²) < 4.78 is 36.1. The van der Waals surface area contributed by atoms with E-state index in [-0.39, 0.29) is 12.4 Å². The summed E-state index contributed by atoms with van der Waals surface area (Å²) in [6.07, 6.45) is -3.08. The summed E-state index contributed by atoms with van der Waals surface area (Å²) >= 11 is 0. The molecule has 2 aromatic heterocycles. The van der Waals surface area contributed by atoms with Gasteiger partial charge in [0.25, 0.3) is 5.79 Å². The first-order chi connectivity index (χ1) is 26.0. The van der Waals surface area contributed by atoms with Gasteiger partial charge in [-0.1, -0.05) is 57.1 Å². The number of carboxylic acids is 1. The number of aliphatic carboxylic acids is 1. The zero-order valence-corrected chi connectivity index (χ0v) is 31.5. The second kappa shape index (κ2) is 19.6. The Morgan fingerprint density at radius 3 is 2.44 bits per heavy atom. The molecule has 2 aliphatic heterocycles. The minimum Gasteiger partial charge on any atom is -0.477 e. The van der Waals surface area contributed by atoms with Gasteiger partial charge in [0.1, 0.15) is 42.4 Å². The highest BCUT2D eigenvalue weighted by molar-refractivity contribution is 7.47. The number of aliphatic hydroxyl groups is 5. The lowest BCUT2D eigenvalue weighted by atomic mass is 9.88. The number of ether oxygens (including phenoxy) is 2. The number of nitrogen functional groups attached to an aromatic ring is 1. The molecule has 10 N–H and O–H groups in total. The number of aryl methyl sites for hydroxylation is 1. The highest BCUT2D eigenvalue weighted by Gasteiger charge is 2.59. The van der Waals surface area contributed by atoms with Gasteiger partial charge in [0.05, 0.1) is 31.0 Å². The molecule has 0 aromatic carbocycles. The van der Waals surface area contributed by atoms with Crippen molar-refractivity contribution in [2.75, 3.05) is 12.3 Å². The zero-order valence-electron chi connectivity index (χ0n) is 30.6. The zero-order chi connectivity index (χ0) is 40.5. The smallest absolute Gasteiger partial charge is 0.475 e. The highest BCUT2D eigenvalue weighted by Crippen LogP contribution is 2.51. The number of unbranched alkanes of at least 4 members (excludes halogenated alkanes) is 7. The SMILES string of the molecule is CCCCCCCCCCc1cn(C[C@@H](O)[C@@H](O)[C@@H]2O[C@](OP(=O)(O)OC[C@H]3O[C@@H](n4ccc(N)nc4=O)[C@H](O)[C@@H]3O)(C(=O)O)C[C@H](O)[C@H]2NC(C)=O)nn1. The van der Waals surface area contributed by atoms with E-state index in [0.717, 1.165) is 43.4 Å². The van der Waals surface area contributed by atoms with Crippen LogP contribution in [0, 0.1) is 0 Å². The van der Waals surface area contributed by atoms with Crippen LogP contribution in [-0.4, -0.2) is 133 Å². The van der Waals surface area contributed by atoms with E-state index in [9.17, 15) is 54.5 Å². The molecule has 23 heteroatoms. The van der Waals surface area contributed by atoms with Crippen molar-refractivity contribution in [2.45, 2.75) is 145 Å². The van der Waals surface area contributed by atoms with Crippen molar-refractivity contribution in [3.05, 3.63) is 34.6 Å². The molecule has 2 aromatic rings. The first-order valence-electron chi connectivity index (χ1n) is 18.1. The van der Waals surface area contributed by atoms with Crippen molar-refractivity contribution >= 4 is 25.5 Å². The number of nitrogens with one attached hydrogen (secondary N) is 1. The minimum atomic E-state index is -5.55. The third-order valence-electron chi connectivity index (χ3n) is 9.37. The van der Waals surface area contributed by atoms with E-state index in [1.807, 2.05) is 0 Å². The fraction of sp³-hybridized carbons (Fsp3) is 0.750. The molecular weight excluding hydrogens is 753 g/mol. The predicted octanol–water partition coefficient (Wildman–Crippen LogP) is -1.29. The number of anilines is 1. The fourth-order valence-corrected chi connectivity index (χ4v) is 7.45. The Hall–Kier alpha value is -3.41. The van der Waals surface area contributed by atoms with Crippen LogP contribution < -0.4 is 16.7 Å². The van der Waals surface area contributed by atoms with Crippen LogP contribution in [0.4, 0.5) is 5.82 Å². The van der Waals surface area contributed by atoms with E-state index >= 15 is 0 Å². The second-order valence-electron chi connectivity index (χ2n) is 13.8. The summed E-state index contributed by atoms with van der Waals surface area (Å²) in [5.74, 6) is -6.12. The van der Waals surface area contributed by atoms with E-state index in [2.05, 4.69) is 27.5 Å². The molecule has 4 rings (SSSR count). The van der Waals surface area contributed by atoms with E-state index < -0.39 is 99.2 Å². The molecule has 1 amide bonds. The topological polar surface area (TPSA) is 333 Å². The summed E-state index contributed by atoms with van der Waals surface area (Å²) in [6.45, 7) is 1.85. The summed E-state index contributed by atoms with van der Waals surface area (Å²) in [7, 11) is -5.55. The number of amides is 1. The number of nitrogens with two attached hydrogens (primary N) is 1. The van der Waals surface area contributed by atoms with Crippen LogP contribution in [0.15, 0.2) is 23.3 Å². The van der Waals surface area contributed by atoms with Crippen LogP contribution >= 0.6 is 7.82 Å². The van der Waals surface area contributed by atoms with Crippen LogP contribution in [-0.2, 0) is 45.6 Å². The minimum absolute atomic E-state index is 0.129. The molecule has 55 heavy (non-hydrogen) atoms. The lowest BCUT2D eigenvalue weighted by Gasteiger charge is -2.46. The lowest BCUT2D eigenvalue weighted by molar-refractivity contribution is -0.288. The van der Waals surface area contributed by atoms with Gasteiger partial charge in [-0.15, -0.1) is 5.10 Å². The van der Waals surface area contributed by atoms with Gasteiger partial charge in [-0.3, -0.25) is 13.9 Å². The molecule has 0 radical (unpaired) electrons. The van der Waals surface area contributed by atoms with Gasteiger partial charge in [0, 0.05) is 25.7 Å². The maximum atomic E-state index is 13.2. The predicted molar refractivity (Wildman–Crippen MR) is 188 cm³/mol. The summed E-state index contributed by atoms with van der Waals surface area (Å²) in [6, 6.07) is -0.325. The van der Waals surface area contributed by atoms with Gasteiger partial charge < -0.3 is 56.1 Å². The van der Waals surface area contributed by atoms with Crippen LogP contribution in [0.25, 0.3) is 0 Å². The number of hydrogen-bond acceptors (Lipinski definition) is 17. The number of aromatic nitrogens is 5. The largest absolute Gasteiger partial charge is 0.477 e. The second-order valence-corrected chi connectivity index (χ2v) is 15.2. The number of carbonyl (C=O) groups excluding carboxylic acids is 1. The number of aliphatic hydroxyl groups excluding tert-OH is 5. The summed E-state index contributed by atoms with van der Waals surface area (Å²) in [4.78, 5) is 51.0. The van der Waals surface area contributed by atoms with Crippen molar-refractivity contribution in [1.82, 2.24) is 29.9 Å². The molecule has 4 heterocycles. The van der Waals surface area contributed by atoms with Crippen molar-refractivity contribution < 1.29 is 68.2 Å². The molecule has 2 aliphatic rings. The Morgan fingerprint density at radius 2 is 1.80 bits per heavy atom. The van der Waals surface area contributed by atoms with Crippen LogP contribution in [0.1, 0.15) is 83.6 Å². The van der Waals surface area contributed by atoms with E-state index in [0.29, 0.717) is 12.1 Å². The van der Waals surface area contributed by atoms with Crippen LogP contribution in [0.3, 0.4) is 0 Å². The van der Waals surface area contributed by atoms with E-state index in [1.165, 1.54) is 36.4 Å². The average molecular weight is 806 g/mol. The van der Waals surface area contributed by atoms with Gasteiger partial charge in [-0.05, 0) is 18.9 Å². The first kappa shape index (κ1) is 44.3. The number of carboxylic acid groups (broad SMARTS) is 1. The quantitative estimate of drug-likeness (QED) is 0.0523. The van der Waals surface area contributed by atoms with Crippen LogP contribution in [0.2, 0.25) is 0 Å². The Balaban J connectivity index is 1.41. The third-order valence-corrected chi connectivity index (χ3v) is 10.4. The molecule has 0 aliphatic carbocycles. The number of hydrogen-bond donors (Lipinski definition) is 9. The van der Waals surface area contributed by atoms with Crippen molar-refractivity contribution in [1.29, 1.82) is 0 Å². The standard InChI is InChI=1S/C32H52N7O15P/c1-3-4-5-6-7-8-9-10-11-19-15-38(37-36-19)16-21(42)25(43)28-24(34-18(2)40)20(41)14-32(53-28,30(46)47)54-55(49,50)51-17-22-26(44)27(45)29(52-22)39-13-12-23(33)35-31(39)48/h12-13,15,20-22,24-29,41-45H,3-11,14,16-17H2,1-2H3,(H,34,40)(H,46,47)(H,49,50)(H2,33,35,48)/t20-,21+,22+,24+,25+,26+,27+,28+,29+,32+/m0/s1. The monoisotopic (exact) mass is 805 g/mol. The van der Waals surface area contributed by atoms with Gasteiger partial charge in [0.15, 0.2) is 6.23 Å². The number of carbonyl (C=O) groups is 2. The third kappa shape index (κ3) is 11.8. The lowest BCUT2D eigenvalue weighted by Crippen LogP contribution is -2.67. The summed E-state index contributed by atoms with van der Waals surface area (Å²) in [5.41, 5.74) is 5.17. The Kier molecular flexibility index (Phi) is 15.8. The van der Waals surface area contributed by atoms with Gasteiger partial charge >= 0.3 is 19.5 Å². The molecule has 0 spiro atoms. The maximum absolute atomic E-state index is 13.2. The molecule has 0 bridgehead atoms.